The Bertz CT molecular complexity index is 1810. The predicted molar refractivity (Wildman–Crippen MR) is 167 cm³/mol. The Morgan fingerprint density at radius 1 is 1.16 bits per heavy atom. The molecule has 6 rings (SSSR count). The highest BCUT2D eigenvalue weighted by Gasteiger charge is 2.34. The normalized spacial score (nSPS) is 19.0. The molecule has 0 unspecified atom stereocenters. The first-order valence-corrected chi connectivity index (χ1v) is 15.2. The molecule has 0 aliphatic carbocycles. The van der Waals surface area contributed by atoms with Crippen molar-refractivity contribution in [2.45, 2.75) is 31.3 Å². The highest BCUT2D eigenvalue weighted by Crippen LogP contribution is 2.40. The lowest BCUT2D eigenvalue weighted by atomic mass is 9.98. The van der Waals surface area contributed by atoms with Crippen molar-refractivity contribution in [3.63, 3.8) is 0 Å². The highest BCUT2D eigenvalue weighted by atomic mass is 32.1. The first-order valence-electron chi connectivity index (χ1n) is 14.3. The van der Waals surface area contributed by atoms with E-state index in [1.807, 2.05) is 29.2 Å². The van der Waals surface area contributed by atoms with Crippen LogP contribution in [0.15, 0.2) is 60.3 Å². The van der Waals surface area contributed by atoms with E-state index in [1.165, 1.54) is 9.60 Å². The molecule has 2 fully saturated rings. The number of carbonyl (C=O) groups excluding carboxylic acids is 1. The smallest absolute Gasteiger partial charge is 0.282 e. The van der Waals surface area contributed by atoms with Gasteiger partial charge in [-0.1, -0.05) is 30.8 Å². The van der Waals surface area contributed by atoms with Gasteiger partial charge in [0.15, 0.2) is 5.83 Å². The van der Waals surface area contributed by atoms with E-state index < -0.39 is 17.8 Å². The number of amides is 1. The molecule has 0 radical (unpaired) electrons. The van der Waals surface area contributed by atoms with Gasteiger partial charge in [0.1, 0.15) is 18.2 Å². The van der Waals surface area contributed by atoms with E-state index in [-0.39, 0.29) is 31.4 Å². The Hall–Kier alpha value is -4.51. The molecule has 10 heteroatoms. The number of aromatic nitrogens is 1. The van der Waals surface area contributed by atoms with Crippen molar-refractivity contribution in [1.29, 1.82) is 10.5 Å². The van der Waals surface area contributed by atoms with Crippen LogP contribution in [0.3, 0.4) is 0 Å². The lowest BCUT2D eigenvalue weighted by molar-refractivity contribution is -0.131. The third-order valence-corrected chi connectivity index (χ3v) is 9.43. The average molecular weight is 595 g/mol. The quantitative estimate of drug-likeness (QED) is 0.247. The maximum Gasteiger partial charge on any atom is 0.282 e. The Balaban J connectivity index is 1.46. The molecule has 2 aliphatic heterocycles. The van der Waals surface area contributed by atoms with Crippen LogP contribution in [0.1, 0.15) is 24.8 Å². The second-order valence-electron chi connectivity index (χ2n) is 11.1. The summed E-state index contributed by atoms with van der Waals surface area (Å²) >= 11 is 1.69. The fourth-order valence-corrected chi connectivity index (χ4v) is 7.11. The fourth-order valence-electron chi connectivity index (χ4n) is 6.30. The minimum Gasteiger partial charge on any atom is -0.475 e. The summed E-state index contributed by atoms with van der Waals surface area (Å²) < 4.78 is 21.3. The molecule has 1 amide bonds. The zero-order chi connectivity index (χ0) is 30.1. The number of fused-ring (bicyclic) bond motifs is 2. The van der Waals surface area contributed by atoms with Gasteiger partial charge in [-0.25, -0.2) is 9.37 Å². The Morgan fingerprint density at radius 3 is 2.77 bits per heavy atom. The van der Waals surface area contributed by atoms with E-state index in [1.54, 1.807) is 11.3 Å². The van der Waals surface area contributed by atoms with Crippen molar-refractivity contribution in [1.82, 2.24) is 14.8 Å². The second-order valence-corrected chi connectivity index (χ2v) is 12.0. The van der Waals surface area contributed by atoms with Crippen LogP contribution in [0.4, 0.5) is 10.1 Å². The van der Waals surface area contributed by atoms with Crippen molar-refractivity contribution < 1.29 is 13.9 Å². The van der Waals surface area contributed by atoms with Gasteiger partial charge in [-0.3, -0.25) is 4.79 Å². The third kappa shape index (κ3) is 5.40. The van der Waals surface area contributed by atoms with Crippen molar-refractivity contribution in [3.05, 3.63) is 65.8 Å². The topological polar surface area (TPSA) is 96.5 Å². The van der Waals surface area contributed by atoms with Crippen LogP contribution < -0.4 is 9.64 Å². The number of nitrogens with zero attached hydrogens (tertiary/aromatic N) is 6. The van der Waals surface area contributed by atoms with Gasteiger partial charge in [0.05, 0.1) is 29.7 Å². The summed E-state index contributed by atoms with van der Waals surface area (Å²) in [5, 5.41) is 24.0. The number of piperazine rings is 1. The van der Waals surface area contributed by atoms with E-state index in [0.717, 1.165) is 41.3 Å². The molecule has 2 aromatic carbocycles. The summed E-state index contributed by atoms with van der Waals surface area (Å²) in [6.07, 6.45) is 2.13. The number of likely N-dealkylation sites (tertiary alicyclic amines) is 1. The summed E-state index contributed by atoms with van der Waals surface area (Å²) in [4.78, 5) is 23.1. The second kappa shape index (κ2) is 12.0. The summed E-state index contributed by atoms with van der Waals surface area (Å²) in [5.74, 6) is -1.59. The number of hydrogen-bond donors (Lipinski definition) is 0. The van der Waals surface area contributed by atoms with E-state index in [0.29, 0.717) is 29.9 Å². The molecule has 4 heterocycles. The number of likely N-dealkylation sites (N-methyl/N-ethyl adjacent to an activating group) is 1. The Morgan fingerprint density at radius 2 is 2.02 bits per heavy atom. The maximum absolute atomic E-state index is 13.8. The number of anilines is 1. The van der Waals surface area contributed by atoms with Gasteiger partial charge >= 0.3 is 0 Å². The lowest BCUT2D eigenvalue weighted by Gasteiger charge is -2.42. The maximum atomic E-state index is 13.8. The van der Waals surface area contributed by atoms with Crippen LogP contribution in [0.2, 0.25) is 0 Å². The summed E-state index contributed by atoms with van der Waals surface area (Å²) in [5.41, 5.74) is 3.74. The third-order valence-electron chi connectivity index (χ3n) is 8.55. The van der Waals surface area contributed by atoms with Crippen LogP contribution in [-0.2, 0) is 4.79 Å². The average Bonchev–Trinajstić information content (AvgIpc) is 3.67. The first-order chi connectivity index (χ1) is 20.9. The standard InChI is InChI=1S/C33H31FN6O2S/c1-21(34)33(41)40-15-14-39(19-23(40)10-12-35)31-27-9-8-22(25-6-3-7-30-26(25)11-16-43-30)17-29(27)37-32(28(31)18-36)42-20-24-5-4-13-38(24)2/h3,6-9,11,16-17,23-24H,1,4-5,10,13-15,19-20H2,2H3/t23-,24-/m0/s1. The number of hydrogen-bond acceptors (Lipinski definition) is 8. The molecule has 43 heavy (non-hydrogen) atoms. The molecule has 2 atom stereocenters. The van der Waals surface area contributed by atoms with E-state index in [9.17, 15) is 19.7 Å². The van der Waals surface area contributed by atoms with Gasteiger partial charge in [-0.05, 0) is 61.1 Å². The van der Waals surface area contributed by atoms with Crippen LogP contribution in [0.5, 0.6) is 5.88 Å². The summed E-state index contributed by atoms with van der Waals surface area (Å²) in [7, 11) is 2.07. The van der Waals surface area contributed by atoms with Gasteiger partial charge in [-0.2, -0.15) is 10.5 Å². The van der Waals surface area contributed by atoms with E-state index in [4.69, 9.17) is 9.72 Å². The molecule has 218 valence electrons. The molecule has 0 bridgehead atoms. The monoisotopic (exact) mass is 594 g/mol. The number of benzene rings is 2. The van der Waals surface area contributed by atoms with Crippen LogP contribution >= 0.6 is 11.3 Å². The molecule has 0 saturated carbocycles. The molecule has 2 aromatic heterocycles. The molecule has 2 aliphatic rings. The van der Waals surface area contributed by atoms with Crippen LogP contribution in [0, 0.1) is 22.7 Å². The number of nitriles is 2. The zero-order valence-corrected chi connectivity index (χ0v) is 24.7. The molecule has 4 aromatic rings. The molecular formula is C33H31FN6O2S. The largest absolute Gasteiger partial charge is 0.475 e. The van der Waals surface area contributed by atoms with Crippen molar-refractivity contribution >= 4 is 43.9 Å². The fraction of sp³-hybridized carbons (Fsp3) is 0.333. The van der Waals surface area contributed by atoms with Gasteiger partial charge < -0.3 is 19.4 Å². The highest BCUT2D eigenvalue weighted by molar-refractivity contribution is 7.17. The van der Waals surface area contributed by atoms with Gasteiger partial charge in [0, 0.05) is 41.1 Å². The SMILES string of the molecule is C=C(F)C(=O)N1CCN(c2c(C#N)c(OC[C@@H]3CCCN3C)nc3cc(-c4cccc5sccc45)ccc23)C[C@@H]1CC#N. The first kappa shape index (κ1) is 28.6. The minimum atomic E-state index is -1.05. The number of pyridine rings is 1. The van der Waals surface area contributed by atoms with Gasteiger partial charge in [0.25, 0.3) is 5.91 Å². The van der Waals surface area contributed by atoms with E-state index in [2.05, 4.69) is 54.2 Å². The van der Waals surface area contributed by atoms with Crippen molar-refractivity contribution in [3.8, 4) is 29.1 Å². The molecule has 2 saturated heterocycles. The lowest BCUT2D eigenvalue weighted by Crippen LogP contribution is -2.55. The number of rotatable bonds is 7. The van der Waals surface area contributed by atoms with Crippen LogP contribution in [0.25, 0.3) is 32.1 Å². The zero-order valence-electron chi connectivity index (χ0n) is 23.9. The van der Waals surface area contributed by atoms with Crippen molar-refractivity contribution in [2.75, 3.05) is 44.7 Å². The molecule has 0 N–H and O–H groups in total. The van der Waals surface area contributed by atoms with E-state index >= 15 is 0 Å². The number of ether oxygens (including phenoxy) is 1. The van der Waals surface area contributed by atoms with Gasteiger partial charge in [0.2, 0.25) is 5.88 Å². The Labute approximate surface area is 253 Å². The Kier molecular flexibility index (Phi) is 7.98. The van der Waals surface area contributed by atoms with Crippen molar-refractivity contribution in [2.24, 2.45) is 0 Å². The number of thiophene rings is 1. The predicted octanol–water partition coefficient (Wildman–Crippen LogP) is 5.88. The van der Waals surface area contributed by atoms with Gasteiger partial charge in [-0.15, -0.1) is 11.3 Å². The molecular weight excluding hydrogens is 563 g/mol. The molecule has 0 spiro atoms. The minimum absolute atomic E-state index is 0.0204. The number of halogens is 1. The van der Waals surface area contributed by atoms with Crippen LogP contribution in [-0.4, -0.2) is 72.6 Å². The number of carbonyl (C=O) groups is 1. The summed E-state index contributed by atoms with van der Waals surface area (Å²) in [6.45, 7) is 5.36. The summed E-state index contributed by atoms with van der Waals surface area (Å²) in [6, 6.07) is 18.5. The molecule has 8 nitrogen and oxygen atoms in total.